The van der Waals surface area contributed by atoms with Crippen molar-refractivity contribution in [1.29, 1.82) is 0 Å². The third-order valence-corrected chi connectivity index (χ3v) is 8.06. The molecule has 1 aromatic heterocycles. The van der Waals surface area contributed by atoms with Crippen molar-refractivity contribution in [3.63, 3.8) is 0 Å². The molecule has 2 aromatic rings. The van der Waals surface area contributed by atoms with E-state index >= 15 is 0 Å². The van der Waals surface area contributed by atoms with Gasteiger partial charge in [0.1, 0.15) is 0 Å². The highest BCUT2D eigenvalue weighted by molar-refractivity contribution is 7.95. The molecule has 0 aliphatic rings. The smallest absolute Gasteiger partial charge is 0.221 e. The molecule has 0 aliphatic heterocycles. The molecule has 114 valence electrons. The van der Waals surface area contributed by atoms with Crippen LogP contribution in [-0.2, 0) is 25.4 Å². The number of nitrogens with zero attached hydrogens (tertiary/aromatic N) is 2. The fraction of sp³-hybridized carbons (Fsp3) is 0.273. The van der Waals surface area contributed by atoms with Crippen LogP contribution in [0.4, 0.5) is 0 Å². The minimum atomic E-state index is -3.74. The zero-order valence-electron chi connectivity index (χ0n) is 10.9. The number of hydrogen-bond acceptors (Lipinski definition) is 7. The molecule has 2 rings (SSSR count). The van der Waals surface area contributed by atoms with Gasteiger partial charge < -0.3 is 0 Å². The number of benzene rings is 1. The molecule has 0 unspecified atom stereocenters. The van der Waals surface area contributed by atoms with E-state index in [9.17, 15) is 16.8 Å². The quantitative estimate of drug-likeness (QED) is 0.802. The molecule has 0 spiro atoms. The Bertz CT molecular complexity index is 842. The van der Waals surface area contributed by atoms with Crippen molar-refractivity contribution in [1.82, 2.24) is 10.2 Å². The van der Waals surface area contributed by atoms with E-state index in [0.717, 1.165) is 0 Å². The fourth-order valence-corrected chi connectivity index (χ4v) is 5.38. The second-order valence-corrected chi connectivity index (χ2v) is 10.2. The van der Waals surface area contributed by atoms with Crippen molar-refractivity contribution in [3.05, 3.63) is 34.9 Å². The lowest BCUT2D eigenvalue weighted by molar-refractivity contribution is 0.589. The van der Waals surface area contributed by atoms with Crippen molar-refractivity contribution < 1.29 is 16.8 Å². The first-order valence-electron chi connectivity index (χ1n) is 5.78. The van der Waals surface area contributed by atoms with Crippen LogP contribution in [0.2, 0.25) is 5.02 Å². The van der Waals surface area contributed by atoms with Crippen molar-refractivity contribution >= 4 is 42.6 Å². The first-order chi connectivity index (χ1) is 9.74. The summed E-state index contributed by atoms with van der Waals surface area (Å²) in [6, 6.07) is 6.34. The first kappa shape index (κ1) is 16.3. The highest BCUT2D eigenvalue weighted by Crippen LogP contribution is 2.24. The molecule has 0 amide bonds. The van der Waals surface area contributed by atoms with E-state index in [0.29, 0.717) is 21.9 Å². The van der Waals surface area contributed by atoms with Gasteiger partial charge >= 0.3 is 0 Å². The minimum Gasteiger partial charge on any atom is -0.221 e. The van der Waals surface area contributed by atoms with Crippen LogP contribution in [0, 0.1) is 0 Å². The van der Waals surface area contributed by atoms with Crippen molar-refractivity contribution in [2.75, 3.05) is 5.75 Å². The molecule has 0 bridgehead atoms. The largest absolute Gasteiger partial charge is 0.233 e. The number of aromatic nitrogens is 2. The number of halogens is 1. The van der Waals surface area contributed by atoms with Gasteiger partial charge in [-0.25, -0.2) is 16.8 Å². The third-order valence-electron chi connectivity index (χ3n) is 2.57. The molecule has 0 N–H and O–H groups in total. The summed E-state index contributed by atoms with van der Waals surface area (Å²) >= 11 is 6.30. The molecule has 0 aliphatic carbocycles. The Morgan fingerprint density at radius 3 is 2.05 bits per heavy atom. The fourth-order valence-electron chi connectivity index (χ4n) is 1.43. The van der Waals surface area contributed by atoms with Gasteiger partial charge in [-0.3, -0.25) is 0 Å². The zero-order chi connectivity index (χ0) is 15.7. The lowest BCUT2D eigenvalue weighted by Gasteiger charge is -2.00. The average molecular weight is 367 g/mol. The predicted molar refractivity (Wildman–Crippen MR) is 80.0 cm³/mol. The summed E-state index contributed by atoms with van der Waals surface area (Å²) in [5.74, 6) is -0.441. The normalized spacial score (nSPS) is 12.5. The van der Waals surface area contributed by atoms with Gasteiger partial charge in [0, 0.05) is 5.02 Å². The van der Waals surface area contributed by atoms with Crippen LogP contribution >= 0.6 is 22.9 Å². The highest BCUT2D eigenvalue weighted by atomic mass is 35.5. The van der Waals surface area contributed by atoms with Crippen LogP contribution in [0.3, 0.4) is 0 Å². The van der Waals surface area contributed by atoms with E-state index in [-0.39, 0.29) is 20.2 Å². The molecule has 0 fully saturated rings. The Kier molecular flexibility index (Phi) is 4.66. The van der Waals surface area contributed by atoms with Crippen LogP contribution in [0.1, 0.15) is 12.5 Å². The molecule has 1 heterocycles. The number of rotatable bonds is 5. The van der Waals surface area contributed by atoms with Gasteiger partial charge in [-0.1, -0.05) is 42.0 Å². The maximum absolute atomic E-state index is 12.2. The monoisotopic (exact) mass is 366 g/mol. The van der Waals surface area contributed by atoms with Gasteiger partial charge in [0.05, 0.1) is 11.5 Å². The summed E-state index contributed by atoms with van der Waals surface area (Å²) in [5, 5.41) is 7.46. The van der Waals surface area contributed by atoms with Crippen molar-refractivity contribution in [3.8, 4) is 0 Å². The molecular weight excluding hydrogens is 356 g/mol. The lowest BCUT2D eigenvalue weighted by Crippen LogP contribution is -2.04. The highest BCUT2D eigenvalue weighted by Gasteiger charge is 2.25. The lowest BCUT2D eigenvalue weighted by atomic mass is 10.2. The second-order valence-electron chi connectivity index (χ2n) is 4.12. The van der Waals surface area contributed by atoms with E-state index in [1.807, 2.05) is 0 Å². The second kappa shape index (κ2) is 5.99. The van der Waals surface area contributed by atoms with E-state index in [2.05, 4.69) is 10.2 Å². The van der Waals surface area contributed by atoms with Crippen LogP contribution in [0.15, 0.2) is 32.9 Å². The molecule has 10 heteroatoms. The van der Waals surface area contributed by atoms with Crippen molar-refractivity contribution in [2.24, 2.45) is 0 Å². The Balaban J connectivity index is 2.30. The first-order valence-corrected chi connectivity index (χ1v) is 10.3. The summed E-state index contributed by atoms with van der Waals surface area (Å²) in [6.45, 7) is 1.46. The molecule has 21 heavy (non-hydrogen) atoms. The molecule has 6 nitrogen and oxygen atoms in total. The van der Waals surface area contributed by atoms with Gasteiger partial charge in [-0.2, -0.15) is 0 Å². The summed E-state index contributed by atoms with van der Waals surface area (Å²) in [6.07, 6.45) is 0. The zero-order valence-corrected chi connectivity index (χ0v) is 14.1. The third kappa shape index (κ3) is 3.79. The SMILES string of the molecule is CCS(=O)(=O)c1nnc(S(=O)(=O)Cc2ccc(Cl)cc2)s1. The van der Waals surface area contributed by atoms with Gasteiger partial charge in [-0.15, -0.1) is 10.2 Å². The standard InChI is InChI=1S/C11H11ClN2O4S3/c1-2-20(15,16)10-13-14-11(19-10)21(17,18)7-8-3-5-9(12)6-4-8/h3-6H,2,7H2,1H3. The van der Waals surface area contributed by atoms with E-state index in [4.69, 9.17) is 11.6 Å². The predicted octanol–water partition coefficient (Wildman–Crippen LogP) is 1.96. The molecule has 0 saturated carbocycles. The van der Waals surface area contributed by atoms with Gasteiger partial charge in [0.15, 0.2) is 0 Å². The van der Waals surface area contributed by atoms with E-state index in [1.165, 1.54) is 6.92 Å². The summed E-state index contributed by atoms with van der Waals surface area (Å²) in [4.78, 5) is 0. The van der Waals surface area contributed by atoms with Gasteiger partial charge in [0.2, 0.25) is 28.4 Å². The number of hydrogen-bond donors (Lipinski definition) is 0. The molecule has 0 atom stereocenters. The van der Waals surface area contributed by atoms with Crippen molar-refractivity contribution in [2.45, 2.75) is 21.4 Å². The maximum Gasteiger partial charge on any atom is 0.233 e. The molecular formula is C11H11ClN2O4S3. The average Bonchev–Trinajstić information content (AvgIpc) is 2.92. The van der Waals surface area contributed by atoms with Crippen LogP contribution < -0.4 is 0 Å². The molecule has 1 aromatic carbocycles. The number of sulfone groups is 2. The van der Waals surface area contributed by atoms with Gasteiger partial charge in [-0.05, 0) is 17.7 Å². The Morgan fingerprint density at radius 1 is 1.00 bits per heavy atom. The topological polar surface area (TPSA) is 94.1 Å². The van der Waals surface area contributed by atoms with Crippen LogP contribution in [0.25, 0.3) is 0 Å². The summed E-state index contributed by atoms with van der Waals surface area (Å²) in [5.41, 5.74) is 0.537. The van der Waals surface area contributed by atoms with E-state index in [1.54, 1.807) is 24.3 Å². The molecule has 0 saturated heterocycles. The Morgan fingerprint density at radius 2 is 1.52 bits per heavy atom. The summed E-state index contributed by atoms with van der Waals surface area (Å²) in [7, 11) is -7.29. The van der Waals surface area contributed by atoms with E-state index < -0.39 is 19.7 Å². The van der Waals surface area contributed by atoms with Gasteiger partial charge in [0.25, 0.3) is 0 Å². The Labute approximate surface area is 131 Å². The minimum absolute atomic E-state index is 0.154. The van der Waals surface area contributed by atoms with Crippen LogP contribution in [0.5, 0.6) is 0 Å². The maximum atomic E-state index is 12.2. The molecule has 0 radical (unpaired) electrons. The Hall–Kier alpha value is -1.03. The summed E-state index contributed by atoms with van der Waals surface area (Å²) < 4.78 is 47.1. The van der Waals surface area contributed by atoms with Crippen LogP contribution in [-0.4, -0.2) is 32.8 Å².